The average molecular weight is 475 g/mol. The summed E-state index contributed by atoms with van der Waals surface area (Å²) in [7, 11) is 1.62. The van der Waals surface area contributed by atoms with Gasteiger partial charge in [-0.3, -0.25) is 19.6 Å². The van der Waals surface area contributed by atoms with Gasteiger partial charge in [-0.25, -0.2) is 4.79 Å². The summed E-state index contributed by atoms with van der Waals surface area (Å²) in [6.45, 7) is 2.50. The number of fused-ring (bicyclic) bond motifs is 3. The van der Waals surface area contributed by atoms with Crippen LogP contribution in [0.4, 0.5) is 10.5 Å². The Hall–Kier alpha value is -4.14. The second kappa shape index (κ2) is 8.90. The molecule has 3 aromatic rings. The standard InChI is InChI=1S/C26H26N4O5/c1-15(25(32)33)16-12-30(13-16)24(31)23-22(11-27-29(23)2)28-26(34)35-14-21-19-9-5-3-7-17(19)18-8-4-6-10-20(18)21/h3-11,15-16,21H,12-14H2,1-2H3,(H,28,34)(H,32,33). The molecule has 0 bridgehead atoms. The number of likely N-dealkylation sites (tertiary alicyclic amines) is 1. The Kier molecular flexibility index (Phi) is 5.76. The lowest BCUT2D eigenvalue weighted by Crippen LogP contribution is -2.53. The third-order valence-electron chi connectivity index (χ3n) is 7.02. The molecule has 5 rings (SSSR count). The molecule has 0 saturated carbocycles. The third kappa shape index (κ3) is 4.03. The van der Waals surface area contributed by atoms with Crippen LogP contribution in [-0.2, 0) is 16.6 Å². The van der Waals surface area contributed by atoms with Crippen LogP contribution in [0, 0.1) is 11.8 Å². The molecule has 1 aliphatic heterocycles. The molecular weight excluding hydrogens is 448 g/mol. The molecule has 1 aromatic heterocycles. The number of amides is 2. The van der Waals surface area contributed by atoms with Gasteiger partial charge in [-0.1, -0.05) is 55.5 Å². The van der Waals surface area contributed by atoms with Crippen molar-refractivity contribution in [3.05, 3.63) is 71.5 Å². The number of rotatable bonds is 6. The van der Waals surface area contributed by atoms with Crippen molar-refractivity contribution < 1.29 is 24.2 Å². The molecule has 1 fully saturated rings. The number of benzene rings is 2. The number of anilines is 1. The molecule has 1 aliphatic carbocycles. The topological polar surface area (TPSA) is 114 Å². The smallest absolute Gasteiger partial charge is 0.411 e. The Morgan fingerprint density at radius 2 is 1.69 bits per heavy atom. The van der Waals surface area contributed by atoms with E-state index >= 15 is 0 Å². The summed E-state index contributed by atoms with van der Waals surface area (Å²) < 4.78 is 6.98. The number of carboxylic acid groups (broad SMARTS) is 1. The minimum Gasteiger partial charge on any atom is -0.481 e. The van der Waals surface area contributed by atoms with E-state index in [0.29, 0.717) is 13.1 Å². The summed E-state index contributed by atoms with van der Waals surface area (Å²) in [5.74, 6) is -1.88. The fourth-order valence-corrected chi connectivity index (χ4v) is 4.87. The van der Waals surface area contributed by atoms with Gasteiger partial charge in [0.2, 0.25) is 0 Å². The van der Waals surface area contributed by atoms with Gasteiger partial charge in [-0.2, -0.15) is 5.10 Å². The number of carbonyl (C=O) groups excluding carboxylic acids is 2. The van der Waals surface area contributed by atoms with Gasteiger partial charge in [0.05, 0.1) is 17.8 Å². The maximum Gasteiger partial charge on any atom is 0.411 e. The number of carbonyl (C=O) groups is 3. The molecule has 1 saturated heterocycles. The number of ether oxygens (including phenoxy) is 1. The van der Waals surface area contributed by atoms with Crippen molar-refractivity contribution >= 4 is 23.7 Å². The van der Waals surface area contributed by atoms with E-state index in [4.69, 9.17) is 4.74 Å². The molecule has 0 radical (unpaired) electrons. The number of hydrogen-bond donors (Lipinski definition) is 2. The summed E-state index contributed by atoms with van der Waals surface area (Å²) in [6, 6.07) is 16.2. The second-order valence-electron chi connectivity index (χ2n) is 9.08. The quantitative estimate of drug-likeness (QED) is 0.565. The van der Waals surface area contributed by atoms with Crippen molar-refractivity contribution in [2.75, 3.05) is 25.0 Å². The fraction of sp³-hybridized carbons (Fsp3) is 0.308. The van der Waals surface area contributed by atoms with Gasteiger partial charge in [-0.05, 0) is 22.3 Å². The van der Waals surface area contributed by atoms with E-state index in [-0.39, 0.29) is 35.7 Å². The number of aliphatic carboxylic acids is 1. The van der Waals surface area contributed by atoms with Gasteiger partial charge >= 0.3 is 12.1 Å². The van der Waals surface area contributed by atoms with Gasteiger partial charge in [-0.15, -0.1) is 0 Å². The molecule has 1 atom stereocenters. The first-order chi connectivity index (χ1) is 16.8. The van der Waals surface area contributed by atoms with Crippen LogP contribution in [0.25, 0.3) is 11.1 Å². The van der Waals surface area contributed by atoms with Crippen LogP contribution in [0.2, 0.25) is 0 Å². The number of nitrogens with zero attached hydrogens (tertiary/aromatic N) is 3. The number of aromatic nitrogens is 2. The average Bonchev–Trinajstić information content (AvgIpc) is 3.33. The number of nitrogens with one attached hydrogen (secondary N) is 1. The lowest BCUT2D eigenvalue weighted by molar-refractivity contribution is -0.144. The van der Waals surface area contributed by atoms with Gasteiger partial charge < -0.3 is 14.7 Å². The van der Waals surface area contributed by atoms with Gasteiger partial charge in [0, 0.05) is 32.0 Å². The lowest BCUT2D eigenvalue weighted by Gasteiger charge is -2.41. The predicted octanol–water partition coefficient (Wildman–Crippen LogP) is 3.57. The monoisotopic (exact) mass is 474 g/mol. The highest BCUT2D eigenvalue weighted by Crippen LogP contribution is 2.44. The Labute approximate surface area is 202 Å². The van der Waals surface area contributed by atoms with Gasteiger partial charge in [0.1, 0.15) is 12.3 Å². The SMILES string of the molecule is CC(C(=O)O)C1CN(C(=O)c2c(NC(=O)OCC3c4ccccc4-c4ccccc43)cnn2C)C1. The van der Waals surface area contributed by atoms with Gasteiger partial charge in [0.25, 0.3) is 5.91 Å². The normalized spacial score (nSPS) is 15.7. The zero-order valence-corrected chi connectivity index (χ0v) is 19.5. The maximum absolute atomic E-state index is 13.0. The molecule has 2 heterocycles. The van der Waals surface area contributed by atoms with Crippen LogP contribution >= 0.6 is 0 Å². The zero-order valence-electron chi connectivity index (χ0n) is 19.5. The molecule has 35 heavy (non-hydrogen) atoms. The summed E-state index contributed by atoms with van der Waals surface area (Å²) in [4.78, 5) is 38.4. The molecule has 9 heteroatoms. The van der Waals surface area contributed by atoms with Crippen LogP contribution in [0.5, 0.6) is 0 Å². The first-order valence-electron chi connectivity index (χ1n) is 11.5. The molecule has 180 valence electrons. The third-order valence-corrected chi connectivity index (χ3v) is 7.02. The fourth-order valence-electron chi connectivity index (χ4n) is 4.87. The molecule has 2 amide bonds. The number of aryl methyl sites for hydroxylation is 1. The Bertz CT molecular complexity index is 1270. The predicted molar refractivity (Wildman–Crippen MR) is 128 cm³/mol. The van der Waals surface area contributed by atoms with Crippen LogP contribution in [0.15, 0.2) is 54.7 Å². The zero-order chi connectivity index (χ0) is 24.7. The minimum atomic E-state index is -0.875. The van der Waals surface area contributed by atoms with Crippen LogP contribution in [0.3, 0.4) is 0 Å². The largest absolute Gasteiger partial charge is 0.481 e. The van der Waals surface area contributed by atoms with Crippen molar-refractivity contribution in [2.24, 2.45) is 18.9 Å². The van der Waals surface area contributed by atoms with E-state index in [2.05, 4.69) is 22.5 Å². The van der Waals surface area contributed by atoms with Crippen LogP contribution in [0.1, 0.15) is 34.5 Å². The molecule has 1 unspecified atom stereocenters. The van der Waals surface area contributed by atoms with E-state index in [1.54, 1.807) is 18.9 Å². The van der Waals surface area contributed by atoms with E-state index in [0.717, 1.165) is 22.3 Å². The summed E-state index contributed by atoms with van der Waals surface area (Å²) in [5, 5.41) is 15.9. The Morgan fingerprint density at radius 3 is 2.29 bits per heavy atom. The molecule has 2 aliphatic rings. The highest BCUT2D eigenvalue weighted by molar-refractivity contribution is 6.01. The van der Waals surface area contributed by atoms with Crippen LogP contribution in [-0.4, -0.2) is 57.5 Å². The number of hydrogen-bond acceptors (Lipinski definition) is 5. The van der Waals surface area contributed by atoms with E-state index in [1.807, 2.05) is 36.4 Å². The first kappa shape index (κ1) is 22.6. The molecular formula is C26H26N4O5. The minimum absolute atomic E-state index is 0.0719. The van der Waals surface area contributed by atoms with Crippen LogP contribution < -0.4 is 5.32 Å². The van der Waals surface area contributed by atoms with E-state index in [9.17, 15) is 19.5 Å². The summed E-state index contributed by atoms with van der Waals surface area (Å²) in [5.41, 5.74) is 4.98. The Morgan fingerprint density at radius 1 is 1.09 bits per heavy atom. The number of carboxylic acids is 1. The van der Waals surface area contributed by atoms with Crippen molar-refractivity contribution in [3.63, 3.8) is 0 Å². The van der Waals surface area contributed by atoms with E-state index in [1.165, 1.54) is 10.9 Å². The summed E-state index contributed by atoms with van der Waals surface area (Å²) >= 11 is 0. The second-order valence-corrected chi connectivity index (χ2v) is 9.08. The summed E-state index contributed by atoms with van der Waals surface area (Å²) in [6.07, 6.45) is 0.737. The van der Waals surface area contributed by atoms with Crippen molar-refractivity contribution in [1.29, 1.82) is 0 Å². The first-order valence-corrected chi connectivity index (χ1v) is 11.5. The van der Waals surface area contributed by atoms with Crippen molar-refractivity contribution in [2.45, 2.75) is 12.8 Å². The molecule has 0 spiro atoms. The van der Waals surface area contributed by atoms with Crippen molar-refractivity contribution in [1.82, 2.24) is 14.7 Å². The highest BCUT2D eigenvalue weighted by Gasteiger charge is 2.39. The van der Waals surface area contributed by atoms with Crippen molar-refractivity contribution in [3.8, 4) is 11.1 Å². The molecule has 9 nitrogen and oxygen atoms in total. The van der Waals surface area contributed by atoms with Gasteiger partial charge in [0.15, 0.2) is 0 Å². The molecule has 2 aromatic carbocycles. The highest BCUT2D eigenvalue weighted by atomic mass is 16.5. The maximum atomic E-state index is 13.0. The molecule has 2 N–H and O–H groups in total. The Balaban J connectivity index is 1.24. The lowest BCUT2D eigenvalue weighted by atomic mass is 9.87. The van der Waals surface area contributed by atoms with E-state index < -0.39 is 18.0 Å².